The number of ether oxygens (including phenoxy) is 1. The minimum absolute atomic E-state index is 0.0868. The molecule has 0 saturated heterocycles. The van der Waals surface area contributed by atoms with Crippen molar-refractivity contribution in [2.45, 2.75) is 6.92 Å². The fourth-order valence-corrected chi connectivity index (χ4v) is 1.06. The van der Waals surface area contributed by atoms with Gasteiger partial charge in [0.2, 0.25) is 5.75 Å². The number of hydrogen-bond donors (Lipinski definition) is 0. The normalized spacial score (nSPS) is 9.73. The molecule has 0 saturated carbocycles. The number of nitro groups is 1. The summed E-state index contributed by atoms with van der Waals surface area (Å²) in [6, 6.07) is 4.32. The highest BCUT2D eigenvalue weighted by molar-refractivity contribution is 6.26. The zero-order chi connectivity index (χ0) is 11.4. The molecule has 0 fully saturated rings. The van der Waals surface area contributed by atoms with E-state index in [0.717, 1.165) is 0 Å². The van der Waals surface area contributed by atoms with Gasteiger partial charge in [0.15, 0.2) is 0 Å². The number of nitro benzene ring substituents is 1. The molecule has 0 radical (unpaired) electrons. The Bertz CT molecular complexity index is 405. The fraction of sp³-hybridized carbons (Fsp3) is 0.222. The van der Waals surface area contributed by atoms with Crippen LogP contribution in [0.4, 0.5) is 5.69 Å². The van der Waals surface area contributed by atoms with Gasteiger partial charge in [-0.05, 0) is 18.6 Å². The lowest BCUT2D eigenvalue weighted by atomic mass is 10.2. The van der Waals surface area contributed by atoms with Crippen LogP contribution in [0.15, 0.2) is 18.2 Å². The van der Waals surface area contributed by atoms with E-state index in [1.807, 2.05) is 0 Å². The molecule has 1 aromatic rings. The molecule has 0 atom stereocenters. The third-order valence-electron chi connectivity index (χ3n) is 1.64. The van der Waals surface area contributed by atoms with Gasteiger partial charge in [-0.1, -0.05) is 6.07 Å². The molecule has 0 aliphatic carbocycles. The number of hydrogen-bond acceptors (Lipinski definition) is 4. The summed E-state index contributed by atoms with van der Waals surface area (Å²) in [5.41, 5.74) is 0.473. The number of aryl methyl sites for hydroxylation is 1. The van der Waals surface area contributed by atoms with Crippen molar-refractivity contribution in [3.05, 3.63) is 33.9 Å². The molecular weight excluding hydrogens is 222 g/mol. The Kier molecular flexibility index (Phi) is 3.62. The summed E-state index contributed by atoms with van der Waals surface area (Å²) < 4.78 is 4.70. The number of carbonyl (C=O) groups excluding carboxylic acids is 1. The minimum Gasteiger partial charge on any atom is -0.418 e. The van der Waals surface area contributed by atoms with E-state index in [1.54, 1.807) is 13.0 Å². The number of esters is 1. The van der Waals surface area contributed by atoms with Crippen LogP contribution in [-0.2, 0) is 4.79 Å². The van der Waals surface area contributed by atoms with E-state index in [-0.39, 0.29) is 17.3 Å². The van der Waals surface area contributed by atoms with Gasteiger partial charge in [0.25, 0.3) is 0 Å². The lowest BCUT2D eigenvalue weighted by Gasteiger charge is -2.03. The third-order valence-corrected chi connectivity index (χ3v) is 1.86. The van der Waals surface area contributed by atoms with E-state index in [9.17, 15) is 14.9 Å². The van der Waals surface area contributed by atoms with Gasteiger partial charge in [-0.25, -0.2) is 0 Å². The molecule has 5 nitrogen and oxygen atoms in total. The SMILES string of the molecule is Cc1ccc(OC(=O)CCl)c([N+](=O)[O-])c1. The predicted octanol–water partition coefficient (Wildman–Crippen LogP) is 2.05. The van der Waals surface area contributed by atoms with Crippen LogP contribution >= 0.6 is 11.6 Å². The Morgan fingerprint density at radius 3 is 2.80 bits per heavy atom. The molecule has 0 aliphatic heterocycles. The van der Waals surface area contributed by atoms with Crippen LogP contribution in [0.1, 0.15) is 5.56 Å². The molecule has 0 spiro atoms. The fourth-order valence-electron chi connectivity index (χ4n) is 1.01. The van der Waals surface area contributed by atoms with Crippen LogP contribution in [0.2, 0.25) is 0 Å². The van der Waals surface area contributed by atoms with Gasteiger partial charge in [-0.15, -0.1) is 11.6 Å². The lowest BCUT2D eigenvalue weighted by Crippen LogP contribution is -2.10. The van der Waals surface area contributed by atoms with Crippen LogP contribution in [-0.4, -0.2) is 16.8 Å². The number of benzene rings is 1. The van der Waals surface area contributed by atoms with Gasteiger partial charge in [0, 0.05) is 6.07 Å². The maximum Gasteiger partial charge on any atom is 0.326 e. The van der Waals surface area contributed by atoms with Crippen molar-refractivity contribution in [3.8, 4) is 5.75 Å². The number of halogens is 1. The second kappa shape index (κ2) is 4.75. The molecule has 0 amide bonds. The summed E-state index contributed by atoms with van der Waals surface area (Å²) in [5, 5.41) is 10.6. The highest BCUT2D eigenvalue weighted by Gasteiger charge is 2.17. The Labute approximate surface area is 90.8 Å². The first-order valence-electron chi connectivity index (χ1n) is 4.06. The molecule has 0 N–H and O–H groups in total. The van der Waals surface area contributed by atoms with Crippen LogP contribution in [0.5, 0.6) is 5.75 Å². The number of nitrogens with zero attached hydrogens (tertiary/aromatic N) is 1. The van der Waals surface area contributed by atoms with Gasteiger partial charge in [0.1, 0.15) is 5.88 Å². The van der Waals surface area contributed by atoms with Crippen molar-refractivity contribution in [2.75, 3.05) is 5.88 Å². The number of carbonyl (C=O) groups is 1. The first kappa shape index (κ1) is 11.5. The topological polar surface area (TPSA) is 69.4 Å². The molecule has 0 aromatic heterocycles. The Morgan fingerprint density at radius 2 is 2.27 bits per heavy atom. The standard InChI is InChI=1S/C9H8ClNO4/c1-6-2-3-8(15-9(12)5-10)7(4-6)11(13)14/h2-4H,5H2,1H3. The van der Waals surface area contributed by atoms with E-state index in [2.05, 4.69) is 0 Å². The highest BCUT2D eigenvalue weighted by Crippen LogP contribution is 2.27. The summed E-state index contributed by atoms with van der Waals surface area (Å²) in [5.74, 6) is -1.15. The zero-order valence-electron chi connectivity index (χ0n) is 7.90. The summed E-state index contributed by atoms with van der Waals surface area (Å²) in [4.78, 5) is 20.9. The molecule has 0 heterocycles. The molecule has 1 rings (SSSR count). The van der Waals surface area contributed by atoms with Gasteiger partial charge >= 0.3 is 11.7 Å². The molecule has 1 aromatic carbocycles. The van der Waals surface area contributed by atoms with Crippen LogP contribution in [0.25, 0.3) is 0 Å². The Hall–Kier alpha value is -1.62. The minimum atomic E-state index is -0.719. The third kappa shape index (κ3) is 2.92. The molecule has 0 bridgehead atoms. The second-order valence-corrected chi connectivity index (χ2v) is 3.10. The Balaban J connectivity index is 3.06. The summed E-state index contributed by atoms with van der Waals surface area (Å²) in [7, 11) is 0. The lowest BCUT2D eigenvalue weighted by molar-refractivity contribution is -0.385. The van der Waals surface area contributed by atoms with E-state index in [0.29, 0.717) is 5.56 Å². The van der Waals surface area contributed by atoms with E-state index >= 15 is 0 Å². The number of rotatable bonds is 3. The molecule has 80 valence electrons. The summed E-state index contributed by atoms with van der Waals surface area (Å²) >= 11 is 5.22. The van der Waals surface area contributed by atoms with Crippen molar-refractivity contribution in [2.24, 2.45) is 0 Å². The quantitative estimate of drug-likeness (QED) is 0.262. The zero-order valence-corrected chi connectivity index (χ0v) is 8.65. The molecule has 6 heteroatoms. The van der Waals surface area contributed by atoms with Crippen LogP contribution < -0.4 is 4.74 Å². The van der Waals surface area contributed by atoms with Gasteiger partial charge in [0.05, 0.1) is 4.92 Å². The number of alkyl halides is 1. The van der Waals surface area contributed by atoms with Gasteiger partial charge < -0.3 is 4.74 Å². The Morgan fingerprint density at radius 1 is 1.60 bits per heavy atom. The maximum absolute atomic E-state index is 10.9. The molecular formula is C9H8ClNO4. The van der Waals surface area contributed by atoms with E-state index < -0.39 is 10.9 Å². The average molecular weight is 230 g/mol. The predicted molar refractivity (Wildman–Crippen MR) is 54.2 cm³/mol. The first-order chi connectivity index (χ1) is 7.04. The van der Waals surface area contributed by atoms with Crippen molar-refractivity contribution in [1.29, 1.82) is 0 Å². The summed E-state index contributed by atoms with van der Waals surface area (Å²) in [6.45, 7) is 1.71. The maximum atomic E-state index is 10.9. The molecule has 15 heavy (non-hydrogen) atoms. The first-order valence-corrected chi connectivity index (χ1v) is 4.59. The molecule has 0 aliphatic rings. The van der Waals surface area contributed by atoms with Crippen molar-refractivity contribution in [3.63, 3.8) is 0 Å². The molecule has 0 unspecified atom stereocenters. The van der Waals surface area contributed by atoms with Crippen LogP contribution in [0.3, 0.4) is 0 Å². The summed E-state index contributed by atoms with van der Waals surface area (Å²) in [6.07, 6.45) is 0. The highest BCUT2D eigenvalue weighted by atomic mass is 35.5. The van der Waals surface area contributed by atoms with E-state index in [4.69, 9.17) is 16.3 Å². The monoisotopic (exact) mass is 229 g/mol. The van der Waals surface area contributed by atoms with Crippen LogP contribution in [0, 0.1) is 17.0 Å². The second-order valence-electron chi connectivity index (χ2n) is 2.84. The van der Waals surface area contributed by atoms with Crippen molar-refractivity contribution in [1.82, 2.24) is 0 Å². The average Bonchev–Trinajstić information content (AvgIpc) is 2.20. The van der Waals surface area contributed by atoms with Crippen molar-refractivity contribution >= 4 is 23.3 Å². The van der Waals surface area contributed by atoms with Gasteiger partial charge in [-0.2, -0.15) is 0 Å². The van der Waals surface area contributed by atoms with Gasteiger partial charge in [-0.3, -0.25) is 14.9 Å². The smallest absolute Gasteiger partial charge is 0.326 e. The largest absolute Gasteiger partial charge is 0.418 e. The van der Waals surface area contributed by atoms with Crippen molar-refractivity contribution < 1.29 is 14.5 Å². The van der Waals surface area contributed by atoms with E-state index in [1.165, 1.54) is 12.1 Å².